The molecule has 2 unspecified atom stereocenters. The van der Waals surface area contributed by atoms with Gasteiger partial charge in [0, 0.05) is 29.3 Å². The molecule has 2 aliphatic heterocycles. The topological polar surface area (TPSA) is 72.1 Å². The van der Waals surface area contributed by atoms with Crippen molar-refractivity contribution in [1.82, 2.24) is 15.0 Å². The van der Waals surface area contributed by atoms with E-state index in [0.717, 1.165) is 63.3 Å². The van der Waals surface area contributed by atoms with Gasteiger partial charge in [-0.05, 0) is 118 Å². The van der Waals surface area contributed by atoms with Gasteiger partial charge in [-0.2, -0.15) is 0 Å². The molecular formula is C47H53Br2N5. The van der Waals surface area contributed by atoms with Gasteiger partial charge < -0.3 is 15.0 Å². The number of aliphatic imine (C=N–C) groups is 2. The summed E-state index contributed by atoms with van der Waals surface area (Å²) in [7, 11) is 0. The molecule has 0 radical (unpaired) electrons. The third kappa shape index (κ3) is 6.92. The van der Waals surface area contributed by atoms with Crippen molar-refractivity contribution in [3.63, 3.8) is 0 Å². The molecule has 3 aromatic heterocycles. The van der Waals surface area contributed by atoms with Gasteiger partial charge in [0.1, 0.15) is 14.4 Å². The van der Waals surface area contributed by atoms with E-state index in [2.05, 4.69) is 200 Å². The summed E-state index contributed by atoms with van der Waals surface area (Å²) in [5, 5.41) is 0. The zero-order valence-electron chi connectivity index (χ0n) is 33.0. The van der Waals surface area contributed by atoms with E-state index in [9.17, 15) is 0 Å². The fourth-order valence-corrected chi connectivity index (χ4v) is 8.87. The van der Waals surface area contributed by atoms with Crippen LogP contribution in [0.25, 0.3) is 6.08 Å². The Labute approximate surface area is 338 Å². The van der Waals surface area contributed by atoms with Crippen molar-refractivity contribution < 1.29 is 0 Å². The summed E-state index contributed by atoms with van der Waals surface area (Å²) in [6, 6.07) is 27.2. The van der Waals surface area contributed by atoms with Crippen molar-refractivity contribution in [2.75, 3.05) is 6.54 Å². The fourth-order valence-electron chi connectivity index (χ4n) is 7.50. The van der Waals surface area contributed by atoms with Crippen LogP contribution in [0.5, 0.6) is 0 Å². The monoisotopic (exact) mass is 845 g/mol. The average molecular weight is 848 g/mol. The molecule has 54 heavy (non-hydrogen) atoms. The number of aromatic amines is 3. The Morgan fingerprint density at radius 1 is 0.593 bits per heavy atom. The van der Waals surface area contributed by atoms with Gasteiger partial charge in [0.25, 0.3) is 0 Å². The first-order valence-corrected chi connectivity index (χ1v) is 21.1. The normalized spacial score (nSPS) is 21.5. The molecule has 2 aromatic carbocycles. The number of alkyl halides is 2. The maximum absolute atomic E-state index is 5.33. The van der Waals surface area contributed by atoms with Gasteiger partial charge in [-0.25, -0.2) is 0 Å². The van der Waals surface area contributed by atoms with Crippen molar-refractivity contribution in [3.05, 3.63) is 158 Å². The van der Waals surface area contributed by atoms with Crippen LogP contribution in [-0.2, 0) is 8.65 Å². The smallest absolute Gasteiger partial charge is 0.132 e. The van der Waals surface area contributed by atoms with Crippen molar-refractivity contribution in [3.8, 4) is 0 Å². The Kier molecular flexibility index (Phi) is 10.6. The van der Waals surface area contributed by atoms with Crippen LogP contribution >= 0.6 is 31.9 Å². The minimum Gasteiger partial charge on any atom is -0.357 e. The average Bonchev–Trinajstić information content (AvgIpc) is 3.99. The first-order valence-electron chi connectivity index (χ1n) is 19.5. The summed E-state index contributed by atoms with van der Waals surface area (Å²) >= 11 is 8.73. The molecular weight excluding hydrogens is 794 g/mol. The summed E-state index contributed by atoms with van der Waals surface area (Å²) in [6.45, 7) is 21.0. The molecule has 0 spiro atoms. The SMILES string of the molecule is CCCN=C1c2ccc([nH]2)C(Br)(c2cc(C(C)C)cc(C(C)C)c2)C2=N/C(=C\c3ccc([nH]3)C(Br)(c3cc(C(C)C)cc(C(C)C)c3)c3ccc1[nH]3)C=C2. The highest BCUT2D eigenvalue weighted by Gasteiger charge is 2.41. The van der Waals surface area contributed by atoms with E-state index in [1.54, 1.807) is 0 Å². The maximum atomic E-state index is 5.33. The van der Waals surface area contributed by atoms with Gasteiger partial charge in [-0.3, -0.25) is 9.98 Å². The largest absolute Gasteiger partial charge is 0.357 e. The summed E-state index contributed by atoms with van der Waals surface area (Å²) in [5.74, 6) is 1.53. The van der Waals surface area contributed by atoms with Crippen molar-refractivity contribution in [2.45, 2.75) is 101 Å². The molecule has 8 bridgehead atoms. The Morgan fingerprint density at radius 2 is 1.06 bits per heavy atom. The number of fused-ring (bicyclic) bond motifs is 7. The number of nitrogens with one attached hydrogen (secondary N) is 3. The molecule has 0 saturated heterocycles. The molecule has 2 aliphatic rings. The Morgan fingerprint density at radius 3 is 1.56 bits per heavy atom. The van der Waals surface area contributed by atoms with E-state index < -0.39 is 8.65 Å². The summed E-state index contributed by atoms with van der Waals surface area (Å²) in [5.41, 5.74) is 16.3. The zero-order valence-corrected chi connectivity index (χ0v) is 36.2. The van der Waals surface area contributed by atoms with Crippen molar-refractivity contribution in [2.24, 2.45) is 9.98 Å². The van der Waals surface area contributed by atoms with Crippen LogP contribution in [0.4, 0.5) is 0 Å². The Hall–Kier alpha value is -3.94. The van der Waals surface area contributed by atoms with Crippen LogP contribution in [0.15, 0.2) is 101 Å². The van der Waals surface area contributed by atoms with E-state index in [0.29, 0.717) is 30.2 Å². The number of H-pyrrole nitrogens is 3. The predicted molar refractivity (Wildman–Crippen MR) is 235 cm³/mol. The van der Waals surface area contributed by atoms with Crippen LogP contribution in [0, 0.1) is 0 Å². The Balaban J connectivity index is 1.49. The molecule has 3 N–H and O–H groups in total. The molecule has 0 amide bonds. The molecule has 5 nitrogen and oxygen atoms in total. The van der Waals surface area contributed by atoms with Crippen LogP contribution < -0.4 is 0 Å². The molecule has 5 heterocycles. The highest BCUT2D eigenvalue weighted by molar-refractivity contribution is 9.10. The number of nitrogens with zero attached hydrogens (tertiary/aromatic N) is 2. The number of aromatic nitrogens is 3. The summed E-state index contributed by atoms with van der Waals surface area (Å²) in [4.78, 5) is 22.1. The van der Waals surface area contributed by atoms with E-state index in [1.807, 2.05) is 0 Å². The Bertz CT molecular complexity index is 2250. The number of halogens is 2. The fraction of sp³-hybridized carbons (Fsp3) is 0.362. The first kappa shape index (κ1) is 38.3. The molecule has 2 atom stereocenters. The second kappa shape index (κ2) is 15.0. The summed E-state index contributed by atoms with van der Waals surface area (Å²) in [6.07, 6.45) is 7.36. The number of hydrogen-bond donors (Lipinski definition) is 3. The second-order valence-electron chi connectivity index (χ2n) is 16.2. The number of rotatable bonds is 8. The van der Waals surface area contributed by atoms with Gasteiger partial charge in [-0.15, -0.1) is 0 Å². The van der Waals surface area contributed by atoms with Crippen LogP contribution in [0.1, 0.15) is 160 Å². The van der Waals surface area contributed by atoms with Gasteiger partial charge in [0.05, 0.1) is 22.8 Å². The molecule has 280 valence electrons. The lowest BCUT2D eigenvalue weighted by atomic mass is 9.85. The molecule has 0 fully saturated rings. The van der Waals surface area contributed by atoms with E-state index >= 15 is 0 Å². The van der Waals surface area contributed by atoms with E-state index in [-0.39, 0.29) is 0 Å². The quantitative estimate of drug-likeness (QED) is 0.130. The van der Waals surface area contributed by atoms with Gasteiger partial charge in [0.15, 0.2) is 0 Å². The van der Waals surface area contributed by atoms with E-state index in [4.69, 9.17) is 9.98 Å². The molecule has 5 aromatic rings. The highest BCUT2D eigenvalue weighted by Crippen LogP contribution is 2.47. The first-order chi connectivity index (χ1) is 25.7. The predicted octanol–water partition coefficient (Wildman–Crippen LogP) is 13.1. The molecule has 0 aliphatic carbocycles. The van der Waals surface area contributed by atoms with Crippen LogP contribution in [0.3, 0.4) is 0 Å². The van der Waals surface area contributed by atoms with Crippen molar-refractivity contribution in [1.29, 1.82) is 0 Å². The highest BCUT2D eigenvalue weighted by atomic mass is 79.9. The standard InChI is InChI=1S/C47H53Br2N5/c1-10-19-50-45-39-13-17-43(53-39)46(48,35-22-31(27(2)3)20-32(23-35)28(4)5)41-15-11-37(51-41)26-38-12-16-42(52-38)47(49,44-18-14-40(45)54-44)36-24-33(29(6)7)21-34(25-36)30(8)9/h11-18,20-30,51,53-54H,10,19H2,1-9H3/b38-26-,50-45?. The molecule has 7 heteroatoms. The zero-order chi connectivity index (χ0) is 38.5. The minimum atomic E-state index is -0.735. The van der Waals surface area contributed by atoms with Gasteiger partial charge in [-0.1, -0.05) is 131 Å². The minimum absolute atomic E-state index is 0.378. The van der Waals surface area contributed by atoms with Crippen LogP contribution in [-0.4, -0.2) is 32.9 Å². The molecule has 7 rings (SSSR count). The third-order valence-electron chi connectivity index (χ3n) is 10.9. The summed E-state index contributed by atoms with van der Waals surface area (Å²) < 4.78 is -1.42. The van der Waals surface area contributed by atoms with Crippen LogP contribution in [0.2, 0.25) is 0 Å². The number of allylic oxidation sites excluding steroid dienone is 2. The van der Waals surface area contributed by atoms with Gasteiger partial charge in [0.2, 0.25) is 0 Å². The second-order valence-corrected chi connectivity index (χ2v) is 18.6. The third-order valence-corrected chi connectivity index (χ3v) is 13.5. The maximum Gasteiger partial charge on any atom is 0.132 e. The lowest BCUT2D eigenvalue weighted by Gasteiger charge is -2.29. The lowest BCUT2D eigenvalue weighted by molar-refractivity contribution is 0.798. The number of benzene rings is 2. The lowest BCUT2D eigenvalue weighted by Crippen LogP contribution is -2.30. The number of hydrogen-bond acceptors (Lipinski definition) is 2. The van der Waals surface area contributed by atoms with Gasteiger partial charge >= 0.3 is 0 Å². The van der Waals surface area contributed by atoms with E-state index in [1.165, 1.54) is 27.8 Å². The molecule has 0 saturated carbocycles. The van der Waals surface area contributed by atoms with Crippen molar-refractivity contribution >= 4 is 49.4 Å².